The molecule has 3 aromatic rings. The van der Waals surface area contributed by atoms with Gasteiger partial charge in [0.2, 0.25) is 11.8 Å². The van der Waals surface area contributed by atoms with Gasteiger partial charge in [0.1, 0.15) is 0 Å². The summed E-state index contributed by atoms with van der Waals surface area (Å²) >= 11 is 0. The van der Waals surface area contributed by atoms with Gasteiger partial charge in [0, 0.05) is 36.3 Å². The van der Waals surface area contributed by atoms with Crippen molar-refractivity contribution in [2.45, 2.75) is 12.8 Å². The van der Waals surface area contributed by atoms with E-state index in [0.29, 0.717) is 31.5 Å². The predicted octanol–water partition coefficient (Wildman–Crippen LogP) is 3.73. The molecule has 4 rings (SSSR count). The van der Waals surface area contributed by atoms with E-state index in [-0.39, 0.29) is 30.0 Å². The molecule has 3 amide bonds. The minimum Gasteiger partial charge on any atom is -0.347 e. The summed E-state index contributed by atoms with van der Waals surface area (Å²) in [5, 5.41) is 6.89. The van der Waals surface area contributed by atoms with Crippen molar-refractivity contribution >= 4 is 34.2 Å². The Labute approximate surface area is 189 Å². The molecule has 0 saturated carbocycles. The Morgan fingerprint density at radius 1 is 0.909 bits per heavy atom. The Kier molecular flexibility index (Phi) is 6.63. The van der Waals surface area contributed by atoms with Crippen LogP contribution < -0.4 is 10.6 Å². The van der Waals surface area contributed by atoms with Crippen molar-refractivity contribution in [1.82, 2.24) is 10.2 Å². The molecule has 1 heterocycles. The first-order valence-electron chi connectivity index (χ1n) is 10.7. The summed E-state index contributed by atoms with van der Waals surface area (Å²) in [6.07, 6.45) is 0.986. The van der Waals surface area contributed by atoms with Gasteiger partial charge in [-0.3, -0.25) is 14.4 Å². The lowest BCUT2D eigenvalue weighted by Crippen LogP contribution is -2.44. The molecular formula is C25H23F2N3O3. The van der Waals surface area contributed by atoms with Crippen molar-refractivity contribution in [3.05, 3.63) is 77.9 Å². The molecule has 170 valence electrons. The van der Waals surface area contributed by atoms with Crippen molar-refractivity contribution in [3.63, 3.8) is 0 Å². The molecule has 0 aromatic heterocycles. The highest BCUT2D eigenvalue weighted by atomic mass is 19.2. The van der Waals surface area contributed by atoms with Gasteiger partial charge in [-0.2, -0.15) is 0 Å². The fraction of sp³-hybridized carbons (Fsp3) is 0.240. The molecule has 0 unspecified atom stereocenters. The van der Waals surface area contributed by atoms with E-state index < -0.39 is 17.5 Å². The molecule has 6 nitrogen and oxygen atoms in total. The van der Waals surface area contributed by atoms with Crippen LogP contribution in [-0.2, 0) is 9.59 Å². The van der Waals surface area contributed by atoms with E-state index in [0.717, 1.165) is 22.9 Å². The van der Waals surface area contributed by atoms with Gasteiger partial charge in [0.15, 0.2) is 11.6 Å². The van der Waals surface area contributed by atoms with E-state index >= 15 is 0 Å². The van der Waals surface area contributed by atoms with Crippen LogP contribution in [0.4, 0.5) is 14.5 Å². The number of hydrogen-bond donors (Lipinski definition) is 2. The zero-order valence-electron chi connectivity index (χ0n) is 17.8. The van der Waals surface area contributed by atoms with Crippen LogP contribution in [0.1, 0.15) is 23.2 Å². The second kappa shape index (κ2) is 9.77. The summed E-state index contributed by atoms with van der Waals surface area (Å²) in [6, 6.07) is 16.4. The van der Waals surface area contributed by atoms with Crippen LogP contribution in [0, 0.1) is 17.6 Å². The highest BCUT2D eigenvalue weighted by Gasteiger charge is 2.28. The van der Waals surface area contributed by atoms with Gasteiger partial charge in [-0.15, -0.1) is 0 Å². The molecule has 1 saturated heterocycles. The Hall–Kier alpha value is -3.81. The number of amides is 3. The molecule has 2 N–H and O–H groups in total. The first-order valence-corrected chi connectivity index (χ1v) is 10.7. The largest absolute Gasteiger partial charge is 0.347 e. The zero-order chi connectivity index (χ0) is 23.4. The molecule has 33 heavy (non-hydrogen) atoms. The number of carbonyl (C=O) groups is 3. The Balaban J connectivity index is 1.27. The van der Waals surface area contributed by atoms with E-state index in [1.165, 1.54) is 6.07 Å². The number of fused-ring (bicyclic) bond motifs is 1. The lowest BCUT2D eigenvalue weighted by atomic mass is 9.95. The first kappa shape index (κ1) is 22.4. The smallest absolute Gasteiger partial charge is 0.254 e. The van der Waals surface area contributed by atoms with Crippen molar-refractivity contribution in [1.29, 1.82) is 0 Å². The molecule has 8 heteroatoms. The number of nitrogens with zero attached hydrogens (tertiary/aromatic N) is 1. The minimum absolute atomic E-state index is 0.0587. The number of anilines is 1. The molecule has 3 aromatic carbocycles. The average Bonchev–Trinajstić information content (AvgIpc) is 2.84. The van der Waals surface area contributed by atoms with Crippen LogP contribution in [0.2, 0.25) is 0 Å². The van der Waals surface area contributed by atoms with Crippen LogP contribution in [0.3, 0.4) is 0 Å². The highest BCUT2D eigenvalue weighted by molar-refractivity contribution is 6.07. The van der Waals surface area contributed by atoms with Gasteiger partial charge in [-0.25, -0.2) is 8.78 Å². The predicted molar refractivity (Wildman–Crippen MR) is 121 cm³/mol. The molecule has 1 aliphatic heterocycles. The number of halogens is 2. The minimum atomic E-state index is -1.07. The molecule has 0 aliphatic carbocycles. The van der Waals surface area contributed by atoms with E-state index in [1.54, 1.807) is 4.90 Å². The van der Waals surface area contributed by atoms with Crippen molar-refractivity contribution < 1.29 is 23.2 Å². The monoisotopic (exact) mass is 451 g/mol. The first-order chi connectivity index (χ1) is 15.9. The quantitative estimate of drug-likeness (QED) is 0.621. The molecule has 1 aliphatic rings. The Bertz CT molecular complexity index is 1200. The fourth-order valence-corrected chi connectivity index (χ4v) is 4.02. The molecule has 0 spiro atoms. The van der Waals surface area contributed by atoms with E-state index in [2.05, 4.69) is 10.6 Å². The van der Waals surface area contributed by atoms with Crippen LogP contribution in [0.15, 0.2) is 60.7 Å². The van der Waals surface area contributed by atoms with Crippen LogP contribution in [-0.4, -0.2) is 42.3 Å². The van der Waals surface area contributed by atoms with E-state index in [4.69, 9.17) is 0 Å². The number of likely N-dealkylation sites (tertiary alicyclic amines) is 1. The molecule has 0 radical (unpaired) electrons. The second-order valence-electron chi connectivity index (χ2n) is 7.99. The van der Waals surface area contributed by atoms with Crippen LogP contribution >= 0.6 is 0 Å². The second-order valence-corrected chi connectivity index (χ2v) is 7.99. The molecule has 1 fully saturated rings. The topological polar surface area (TPSA) is 78.5 Å². The third-order valence-corrected chi connectivity index (χ3v) is 5.80. The Morgan fingerprint density at radius 2 is 1.64 bits per heavy atom. The summed E-state index contributed by atoms with van der Waals surface area (Å²) in [5.74, 6) is -3.26. The standard InChI is InChI=1S/C25H23F2N3O3/c26-21-9-8-18(14-22(21)27)29-23(31)15-28-24(32)17-10-12-30(13-11-17)25(33)20-7-3-5-16-4-1-2-6-19(16)20/h1-9,14,17H,10-13,15H2,(H,28,32)(H,29,31). The van der Waals surface area contributed by atoms with Gasteiger partial charge in [-0.05, 0) is 41.8 Å². The SMILES string of the molecule is O=C(CNC(=O)C1CCN(C(=O)c2cccc3ccccc23)CC1)Nc1ccc(F)c(F)c1. The molecule has 0 bridgehead atoms. The van der Waals surface area contributed by atoms with E-state index in [1.807, 2.05) is 42.5 Å². The van der Waals surface area contributed by atoms with Crippen molar-refractivity contribution in [2.24, 2.45) is 5.92 Å². The highest BCUT2D eigenvalue weighted by Crippen LogP contribution is 2.23. The lowest BCUT2D eigenvalue weighted by molar-refractivity contribution is -0.128. The van der Waals surface area contributed by atoms with E-state index in [9.17, 15) is 23.2 Å². The van der Waals surface area contributed by atoms with Crippen LogP contribution in [0.25, 0.3) is 10.8 Å². The average molecular weight is 451 g/mol. The summed E-state index contributed by atoms with van der Waals surface area (Å²) < 4.78 is 26.2. The maximum absolute atomic E-state index is 13.2. The van der Waals surface area contributed by atoms with Crippen molar-refractivity contribution in [2.75, 3.05) is 25.0 Å². The molecular weight excluding hydrogens is 428 g/mol. The third-order valence-electron chi connectivity index (χ3n) is 5.80. The number of rotatable bonds is 5. The normalized spacial score (nSPS) is 14.2. The maximum Gasteiger partial charge on any atom is 0.254 e. The Morgan fingerprint density at radius 3 is 2.39 bits per heavy atom. The van der Waals surface area contributed by atoms with Crippen LogP contribution in [0.5, 0.6) is 0 Å². The fourth-order valence-electron chi connectivity index (χ4n) is 4.02. The number of carbonyl (C=O) groups excluding carboxylic acids is 3. The van der Waals surface area contributed by atoms with Gasteiger partial charge in [0.25, 0.3) is 5.91 Å². The number of nitrogens with one attached hydrogen (secondary N) is 2. The maximum atomic E-state index is 13.2. The number of piperidine rings is 1. The lowest BCUT2D eigenvalue weighted by Gasteiger charge is -2.31. The molecule has 0 atom stereocenters. The van der Waals surface area contributed by atoms with Gasteiger partial charge >= 0.3 is 0 Å². The number of benzene rings is 3. The summed E-state index contributed by atoms with van der Waals surface area (Å²) in [5.41, 5.74) is 0.748. The third kappa shape index (κ3) is 5.16. The summed E-state index contributed by atoms with van der Waals surface area (Å²) in [4.78, 5) is 39.3. The van der Waals surface area contributed by atoms with Gasteiger partial charge in [-0.1, -0.05) is 36.4 Å². The van der Waals surface area contributed by atoms with Gasteiger partial charge < -0.3 is 15.5 Å². The van der Waals surface area contributed by atoms with Gasteiger partial charge in [0.05, 0.1) is 6.54 Å². The zero-order valence-corrected chi connectivity index (χ0v) is 17.8. The van der Waals surface area contributed by atoms with Crippen molar-refractivity contribution in [3.8, 4) is 0 Å². The summed E-state index contributed by atoms with van der Waals surface area (Å²) in [6.45, 7) is 0.607. The summed E-state index contributed by atoms with van der Waals surface area (Å²) in [7, 11) is 0. The number of hydrogen-bond acceptors (Lipinski definition) is 3.